The quantitative estimate of drug-likeness (QED) is 0.793. The normalized spacial score (nSPS) is 21.4. The van der Waals surface area contributed by atoms with Gasteiger partial charge in [0.15, 0.2) is 0 Å². The molecule has 2 aliphatic heterocycles. The van der Waals surface area contributed by atoms with Crippen molar-refractivity contribution in [3.63, 3.8) is 0 Å². The minimum absolute atomic E-state index is 0.228. The second-order valence-corrected chi connectivity index (χ2v) is 5.10. The Bertz CT molecular complexity index is 681. The van der Waals surface area contributed by atoms with E-state index in [2.05, 4.69) is 17.2 Å². The average Bonchev–Trinajstić information content (AvgIpc) is 2.71. The molecule has 1 aromatic rings. The van der Waals surface area contributed by atoms with Crippen LogP contribution in [0.1, 0.15) is 28.8 Å². The van der Waals surface area contributed by atoms with Crippen molar-refractivity contribution in [3.05, 3.63) is 35.9 Å². The highest BCUT2D eigenvalue weighted by Crippen LogP contribution is 2.36. The maximum atomic E-state index is 12.5. The average molecular weight is 285 g/mol. The molecule has 1 fully saturated rings. The Morgan fingerprint density at radius 3 is 2.71 bits per heavy atom. The van der Waals surface area contributed by atoms with Crippen LogP contribution < -0.4 is 10.6 Å². The van der Waals surface area contributed by atoms with Crippen LogP contribution in [0.25, 0.3) is 5.70 Å². The van der Waals surface area contributed by atoms with Crippen molar-refractivity contribution in [1.29, 1.82) is 0 Å². The molecule has 1 aromatic carbocycles. The summed E-state index contributed by atoms with van der Waals surface area (Å²) in [5.41, 5.74) is 2.62. The molecule has 108 valence electrons. The number of nitrogens with zero attached hydrogens (tertiary/aromatic N) is 1. The van der Waals surface area contributed by atoms with E-state index in [0.717, 1.165) is 11.3 Å². The number of piperidine rings is 1. The second kappa shape index (κ2) is 4.73. The van der Waals surface area contributed by atoms with Gasteiger partial charge in [0.2, 0.25) is 11.8 Å². The third kappa shape index (κ3) is 1.99. The minimum Gasteiger partial charge on any atom is -0.388 e. The zero-order chi connectivity index (χ0) is 15.1. The zero-order valence-corrected chi connectivity index (χ0v) is 11.6. The van der Waals surface area contributed by atoms with Crippen LogP contribution in [0.2, 0.25) is 0 Å². The van der Waals surface area contributed by atoms with E-state index >= 15 is 0 Å². The third-order valence-electron chi connectivity index (χ3n) is 3.88. The molecule has 0 radical (unpaired) electrons. The molecular formula is C15H15N3O3. The summed E-state index contributed by atoms with van der Waals surface area (Å²) in [6.07, 6.45) is 0.549. The lowest BCUT2D eigenvalue weighted by Gasteiger charge is -2.30. The number of fused-ring (bicyclic) bond motifs is 1. The Hall–Kier alpha value is -2.63. The maximum absolute atomic E-state index is 12.5. The maximum Gasteiger partial charge on any atom is 0.259 e. The fourth-order valence-electron chi connectivity index (χ4n) is 2.77. The van der Waals surface area contributed by atoms with Crippen LogP contribution in [0, 0.1) is 0 Å². The number of imide groups is 1. The standard InChI is InChI=1S/C15H15N3O3/c1-8-11-7-9(16-2)3-4-10(11)15(21)18(8)12-5-6-13(19)17-14(12)20/h3-4,7,12,16H,1,5-6H2,2H3,(H,17,19,20). The van der Waals surface area contributed by atoms with Crippen molar-refractivity contribution in [2.75, 3.05) is 12.4 Å². The van der Waals surface area contributed by atoms with Crippen molar-refractivity contribution in [2.24, 2.45) is 0 Å². The van der Waals surface area contributed by atoms with E-state index in [9.17, 15) is 14.4 Å². The largest absolute Gasteiger partial charge is 0.388 e. The summed E-state index contributed by atoms with van der Waals surface area (Å²) in [5, 5.41) is 5.28. The molecular weight excluding hydrogens is 270 g/mol. The van der Waals surface area contributed by atoms with Gasteiger partial charge in [0.1, 0.15) is 6.04 Å². The number of carbonyl (C=O) groups is 3. The number of carbonyl (C=O) groups excluding carboxylic acids is 3. The zero-order valence-electron chi connectivity index (χ0n) is 11.6. The molecule has 6 heteroatoms. The molecule has 6 nitrogen and oxygen atoms in total. The molecule has 0 bridgehead atoms. The fourth-order valence-corrected chi connectivity index (χ4v) is 2.77. The number of rotatable bonds is 2. The van der Waals surface area contributed by atoms with Gasteiger partial charge in [0, 0.05) is 36.0 Å². The van der Waals surface area contributed by atoms with Gasteiger partial charge in [0.25, 0.3) is 5.91 Å². The molecule has 0 spiro atoms. The Morgan fingerprint density at radius 1 is 1.29 bits per heavy atom. The van der Waals surface area contributed by atoms with Crippen molar-refractivity contribution in [3.8, 4) is 0 Å². The molecule has 3 amide bonds. The summed E-state index contributed by atoms with van der Waals surface area (Å²) >= 11 is 0. The molecule has 0 aliphatic carbocycles. The van der Waals surface area contributed by atoms with Crippen molar-refractivity contribution < 1.29 is 14.4 Å². The number of benzene rings is 1. The van der Waals surface area contributed by atoms with Crippen molar-refractivity contribution in [2.45, 2.75) is 18.9 Å². The van der Waals surface area contributed by atoms with E-state index < -0.39 is 11.9 Å². The van der Waals surface area contributed by atoms with E-state index in [1.165, 1.54) is 4.90 Å². The lowest BCUT2D eigenvalue weighted by Crippen LogP contribution is -2.52. The predicted octanol–water partition coefficient (Wildman–Crippen LogP) is 0.960. The lowest BCUT2D eigenvalue weighted by molar-refractivity contribution is -0.136. The van der Waals surface area contributed by atoms with Gasteiger partial charge in [0.05, 0.1) is 0 Å². The predicted molar refractivity (Wildman–Crippen MR) is 77.4 cm³/mol. The molecule has 2 heterocycles. The van der Waals surface area contributed by atoms with Gasteiger partial charge in [-0.05, 0) is 24.6 Å². The molecule has 1 saturated heterocycles. The van der Waals surface area contributed by atoms with Gasteiger partial charge in [-0.2, -0.15) is 0 Å². The van der Waals surface area contributed by atoms with E-state index in [1.807, 2.05) is 6.07 Å². The molecule has 0 aromatic heterocycles. The smallest absolute Gasteiger partial charge is 0.259 e. The van der Waals surface area contributed by atoms with E-state index in [0.29, 0.717) is 17.7 Å². The van der Waals surface area contributed by atoms with Crippen LogP contribution in [-0.2, 0) is 9.59 Å². The first-order chi connectivity index (χ1) is 10.0. The highest BCUT2D eigenvalue weighted by atomic mass is 16.2. The van der Waals surface area contributed by atoms with Gasteiger partial charge >= 0.3 is 0 Å². The summed E-state index contributed by atoms with van der Waals surface area (Å²) in [7, 11) is 1.79. The fraction of sp³-hybridized carbons (Fsp3) is 0.267. The number of hydrogen-bond donors (Lipinski definition) is 2. The summed E-state index contributed by atoms with van der Waals surface area (Å²) in [5.74, 6) is -0.988. The summed E-state index contributed by atoms with van der Waals surface area (Å²) in [4.78, 5) is 37.1. The topological polar surface area (TPSA) is 78.5 Å². The highest BCUT2D eigenvalue weighted by molar-refractivity contribution is 6.12. The van der Waals surface area contributed by atoms with Gasteiger partial charge in [-0.25, -0.2) is 0 Å². The monoisotopic (exact) mass is 285 g/mol. The van der Waals surface area contributed by atoms with Crippen LogP contribution >= 0.6 is 0 Å². The van der Waals surface area contributed by atoms with Crippen molar-refractivity contribution >= 4 is 29.1 Å². The van der Waals surface area contributed by atoms with Crippen LogP contribution in [0.4, 0.5) is 5.69 Å². The molecule has 0 saturated carbocycles. The minimum atomic E-state index is -0.673. The van der Waals surface area contributed by atoms with Crippen LogP contribution in [-0.4, -0.2) is 35.7 Å². The molecule has 21 heavy (non-hydrogen) atoms. The molecule has 3 rings (SSSR count). The summed E-state index contributed by atoms with van der Waals surface area (Å²) < 4.78 is 0. The number of anilines is 1. The molecule has 1 unspecified atom stereocenters. The van der Waals surface area contributed by atoms with Gasteiger partial charge in [-0.15, -0.1) is 0 Å². The number of amides is 3. The first-order valence-electron chi connectivity index (χ1n) is 6.71. The third-order valence-corrected chi connectivity index (χ3v) is 3.88. The van der Waals surface area contributed by atoms with Crippen molar-refractivity contribution in [1.82, 2.24) is 10.2 Å². The highest BCUT2D eigenvalue weighted by Gasteiger charge is 2.41. The van der Waals surface area contributed by atoms with E-state index in [-0.39, 0.29) is 18.2 Å². The second-order valence-electron chi connectivity index (χ2n) is 5.10. The van der Waals surface area contributed by atoms with E-state index in [1.54, 1.807) is 19.2 Å². The lowest BCUT2D eigenvalue weighted by atomic mass is 10.0. The Balaban J connectivity index is 1.96. The number of nitrogens with one attached hydrogen (secondary N) is 2. The Kier molecular flexibility index (Phi) is 3.01. The molecule has 1 atom stereocenters. The first kappa shape index (κ1) is 13.4. The SMILES string of the molecule is C=C1c2cc(NC)ccc2C(=O)N1C1CCC(=O)NC1=O. The van der Waals surface area contributed by atoms with Gasteiger partial charge in [-0.1, -0.05) is 6.58 Å². The number of hydrogen-bond acceptors (Lipinski definition) is 4. The van der Waals surface area contributed by atoms with Crippen LogP contribution in [0.5, 0.6) is 0 Å². The molecule has 2 N–H and O–H groups in total. The van der Waals surface area contributed by atoms with E-state index in [4.69, 9.17) is 0 Å². The Labute approximate surface area is 121 Å². The van der Waals surface area contributed by atoms with Gasteiger partial charge in [-0.3, -0.25) is 24.6 Å². The molecule has 2 aliphatic rings. The summed E-state index contributed by atoms with van der Waals surface area (Å²) in [6, 6.07) is 4.69. The van der Waals surface area contributed by atoms with Gasteiger partial charge < -0.3 is 5.32 Å². The van der Waals surface area contributed by atoms with Crippen LogP contribution in [0.15, 0.2) is 24.8 Å². The Morgan fingerprint density at radius 2 is 2.05 bits per heavy atom. The first-order valence-corrected chi connectivity index (χ1v) is 6.71. The van der Waals surface area contributed by atoms with Crippen LogP contribution in [0.3, 0.4) is 0 Å². The summed E-state index contributed by atoms with van der Waals surface area (Å²) in [6.45, 7) is 3.94.